The van der Waals surface area contributed by atoms with Gasteiger partial charge in [-0.15, -0.1) is 0 Å². The summed E-state index contributed by atoms with van der Waals surface area (Å²) in [5.74, 6) is 0. The fourth-order valence-corrected chi connectivity index (χ4v) is 5.06. The molecule has 0 atom stereocenters. The van der Waals surface area contributed by atoms with E-state index >= 15 is 0 Å². The van der Waals surface area contributed by atoms with E-state index in [4.69, 9.17) is 0 Å². The molecule has 0 spiro atoms. The van der Waals surface area contributed by atoms with Crippen molar-refractivity contribution in [2.45, 2.75) is 32.6 Å². The molecule has 3 aromatic rings. The third kappa shape index (κ3) is 2.67. The summed E-state index contributed by atoms with van der Waals surface area (Å²) in [6.07, 6.45) is 5.54. The normalized spacial score (nSPS) is 12.3. The Morgan fingerprint density at radius 3 is 2.25 bits per heavy atom. The van der Waals surface area contributed by atoms with Crippen molar-refractivity contribution in [2.75, 3.05) is 0 Å². The molecule has 0 fully saturated rings. The maximum atomic E-state index is 13.3. The molecule has 0 aliphatic rings. The van der Waals surface area contributed by atoms with Gasteiger partial charge in [-0.25, -0.2) is 12.4 Å². The van der Waals surface area contributed by atoms with Crippen LogP contribution in [0.1, 0.15) is 29.2 Å². The van der Waals surface area contributed by atoms with Gasteiger partial charge in [0.25, 0.3) is 10.0 Å². The van der Waals surface area contributed by atoms with Gasteiger partial charge >= 0.3 is 0 Å². The first-order valence-electron chi connectivity index (χ1n) is 7.92. The predicted octanol–water partition coefficient (Wildman–Crippen LogP) is 4.84. The lowest BCUT2D eigenvalue weighted by molar-refractivity contribution is 0.588. The largest absolute Gasteiger partial charge is 0.268 e. The van der Waals surface area contributed by atoms with Crippen LogP contribution in [0.2, 0.25) is 0 Å². The molecule has 1 aromatic heterocycles. The van der Waals surface area contributed by atoms with Gasteiger partial charge in [0.15, 0.2) is 0 Å². The molecule has 0 amide bonds. The SMILES string of the molecule is CC=Cc1ccc2ccn(S(=O)(=O)c3c(C)cc(C)cc3C)c2c1. The Bertz CT molecular complexity index is 1030. The zero-order valence-electron chi connectivity index (χ0n) is 14.4. The van der Waals surface area contributed by atoms with Crippen molar-refractivity contribution in [3.8, 4) is 0 Å². The molecule has 3 nitrogen and oxygen atoms in total. The number of hydrogen-bond donors (Lipinski definition) is 0. The van der Waals surface area contributed by atoms with E-state index in [1.165, 1.54) is 3.97 Å². The molecule has 0 N–H and O–H groups in total. The Morgan fingerprint density at radius 1 is 0.958 bits per heavy atom. The van der Waals surface area contributed by atoms with Gasteiger partial charge in [-0.05, 0) is 56.5 Å². The summed E-state index contributed by atoms with van der Waals surface area (Å²) >= 11 is 0. The highest BCUT2D eigenvalue weighted by molar-refractivity contribution is 7.90. The molecule has 0 unspecified atom stereocenters. The Morgan fingerprint density at radius 2 is 1.62 bits per heavy atom. The van der Waals surface area contributed by atoms with Gasteiger partial charge < -0.3 is 0 Å². The highest BCUT2D eigenvalue weighted by Gasteiger charge is 2.23. The lowest BCUT2D eigenvalue weighted by atomic mass is 10.1. The van der Waals surface area contributed by atoms with Crippen molar-refractivity contribution in [1.82, 2.24) is 3.97 Å². The fraction of sp³-hybridized carbons (Fsp3) is 0.200. The predicted molar refractivity (Wildman–Crippen MR) is 99.9 cm³/mol. The molecule has 0 radical (unpaired) electrons. The highest BCUT2D eigenvalue weighted by atomic mass is 32.2. The summed E-state index contributed by atoms with van der Waals surface area (Å²) < 4.78 is 27.9. The van der Waals surface area contributed by atoms with Crippen LogP contribution in [0.25, 0.3) is 17.0 Å². The van der Waals surface area contributed by atoms with E-state index in [9.17, 15) is 8.42 Å². The number of rotatable bonds is 3. The van der Waals surface area contributed by atoms with E-state index in [1.807, 2.05) is 76.2 Å². The monoisotopic (exact) mass is 339 g/mol. The van der Waals surface area contributed by atoms with E-state index < -0.39 is 10.0 Å². The Labute approximate surface area is 143 Å². The lowest BCUT2D eigenvalue weighted by Crippen LogP contribution is -2.15. The van der Waals surface area contributed by atoms with Crippen molar-refractivity contribution in [2.24, 2.45) is 0 Å². The smallest absolute Gasteiger partial charge is 0.241 e. The Balaban J connectivity index is 2.28. The molecule has 0 aliphatic heterocycles. The van der Waals surface area contributed by atoms with Crippen LogP contribution in [0.3, 0.4) is 0 Å². The van der Waals surface area contributed by atoms with Gasteiger partial charge in [-0.2, -0.15) is 0 Å². The second-order valence-corrected chi connectivity index (χ2v) is 7.91. The number of nitrogens with zero attached hydrogens (tertiary/aromatic N) is 1. The van der Waals surface area contributed by atoms with Crippen LogP contribution >= 0.6 is 0 Å². The summed E-state index contributed by atoms with van der Waals surface area (Å²) in [6, 6.07) is 11.5. The zero-order chi connectivity index (χ0) is 17.5. The van der Waals surface area contributed by atoms with Crippen molar-refractivity contribution in [1.29, 1.82) is 0 Å². The second kappa shape index (κ2) is 5.95. The quantitative estimate of drug-likeness (QED) is 0.685. The van der Waals surface area contributed by atoms with Crippen LogP contribution in [0.5, 0.6) is 0 Å². The van der Waals surface area contributed by atoms with Gasteiger partial charge in [0.1, 0.15) is 0 Å². The van der Waals surface area contributed by atoms with E-state index in [2.05, 4.69) is 0 Å². The number of benzene rings is 2. The maximum Gasteiger partial charge on any atom is 0.268 e. The number of aryl methyl sites for hydroxylation is 3. The van der Waals surface area contributed by atoms with Crippen LogP contribution in [-0.4, -0.2) is 12.4 Å². The minimum Gasteiger partial charge on any atom is -0.241 e. The fourth-order valence-electron chi connectivity index (χ4n) is 3.30. The number of allylic oxidation sites excluding steroid dienone is 1. The number of aromatic nitrogens is 1. The zero-order valence-corrected chi connectivity index (χ0v) is 15.2. The van der Waals surface area contributed by atoms with Crippen LogP contribution < -0.4 is 0 Å². The second-order valence-electron chi connectivity index (χ2n) is 6.16. The van der Waals surface area contributed by atoms with Gasteiger partial charge in [-0.1, -0.05) is 42.0 Å². The summed E-state index contributed by atoms with van der Waals surface area (Å²) in [7, 11) is -3.64. The first-order valence-corrected chi connectivity index (χ1v) is 9.36. The van der Waals surface area contributed by atoms with Crippen molar-refractivity contribution < 1.29 is 8.42 Å². The van der Waals surface area contributed by atoms with E-state index in [0.717, 1.165) is 27.6 Å². The highest BCUT2D eigenvalue weighted by Crippen LogP contribution is 2.28. The van der Waals surface area contributed by atoms with Crippen LogP contribution in [0.15, 0.2) is 53.6 Å². The van der Waals surface area contributed by atoms with Gasteiger partial charge in [0.05, 0.1) is 10.4 Å². The molecule has 0 saturated carbocycles. The average Bonchev–Trinajstić information content (AvgIpc) is 2.90. The van der Waals surface area contributed by atoms with E-state index in [0.29, 0.717) is 10.4 Å². The Hall–Kier alpha value is -2.33. The molecule has 24 heavy (non-hydrogen) atoms. The summed E-state index contributed by atoms with van der Waals surface area (Å²) in [5.41, 5.74) is 4.30. The summed E-state index contributed by atoms with van der Waals surface area (Å²) in [6.45, 7) is 7.62. The minimum absolute atomic E-state index is 0.391. The molecular formula is C20H21NO2S. The lowest BCUT2D eigenvalue weighted by Gasteiger charge is -2.14. The average molecular weight is 339 g/mol. The molecular weight excluding hydrogens is 318 g/mol. The first-order chi connectivity index (χ1) is 11.3. The molecule has 4 heteroatoms. The molecule has 3 rings (SSSR count). The standard InChI is InChI=1S/C20H21NO2S/c1-5-6-17-7-8-18-9-10-21(19(18)13-17)24(22,23)20-15(3)11-14(2)12-16(20)4/h5-13H,1-4H3. The third-order valence-electron chi connectivity index (χ3n) is 4.16. The molecule has 0 aliphatic carbocycles. The molecule has 0 bridgehead atoms. The summed E-state index contributed by atoms with van der Waals surface area (Å²) in [5, 5.41) is 0.911. The number of fused-ring (bicyclic) bond motifs is 1. The van der Waals surface area contributed by atoms with Crippen molar-refractivity contribution in [3.05, 3.63) is 70.9 Å². The van der Waals surface area contributed by atoms with Gasteiger partial charge in [-0.3, -0.25) is 0 Å². The Kier molecular flexibility index (Phi) is 4.10. The molecule has 124 valence electrons. The summed E-state index contributed by atoms with van der Waals surface area (Å²) in [4.78, 5) is 0.391. The molecule has 0 saturated heterocycles. The number of hydrogen-bond acceptors (Lipinski definition) is 2. The van der Waals surface area contributed by atoms with Crippen molar-refractivity contribution in [3.63, 3.8) is 0 Å². The topological polar surface area (TPSA) is 39.1 Å². The van der Waals surface area contributed by atoms with Crippen LogP contribution in [-0.2, 0) is 10.0 Å². The van der Waals surface area contributed by atoms with E-state index in [-0.39, 0.29) is 0 Å². The van der Waals surface area contributed by atoms with Gasteiger partial charge in [0, 0.05) is 11.6 Å². The van der Waals surface area contributed by atoms with Gasteiger partial charge in [0.2, 0.25) is 0 Å². The third-order valence-corrected chi connectivity index (χ3v) is 6.16. The molecule has 2 aromatic carbocycles. The maximum absolute atomic E-state index is 13.3. The van der Waals surface area contributed by atoms with Crippen LogP contribution in [0, 0.1) is 20.8 Å². The molecule has 1 heterocycles. The van der Waals surface area contributed by atoms with E-state index in [1.54, 1.807) is 6.20 Å². The van der Waals surface area contributed by atoms with Crippen molar-refractivity contribution >= 4 is 27.0 Å². The minimum atomic E-state index is -3.64. The van der Waals surface area contributed by atoms with Crippen LogP contribution in [0.4, 0.5) is 0 Å². The first kappa shape index (κ1) is 16.5.